The molecule has 2 aliphatic heterocycles. The van der Waals surface area contributed by atoms with Crippen molar-refractivity contribution in [3.63, 3.8) is 0 Å². The Morgan fingerprint density at radius 3 is 2.35 bits per heavy atom. The number of hydrogen-bond donors (Lipinski definition) is 1. The average molecular weight is 504 g/mol. The first-order valence-electron chi connectivity index (χ1n) is 12.6. The van der Waals surface area contributed by atoms with E-state index in [4.69, 9.17) is 4.74 Å². The van der Waals surface area contributed by atoms with E-state index in [9.17, 15) is 23.9 Å². The van der Waals surface area contributed by atoms with Crippen LogP contribution in [0.25, 0.3) is 5.57 Å². The van der Waals surface area contributed by atoms with Crippen LogP contribution in [0.2, 0.25) is 0 Å². The van der Waals surface area contributed by atoms with Gasteiger partial charge in [-0.25, -0.2) is 4.39 Å². The van der Waals surface area contributed by atoms with E-state index in [2.05, 4.69) is 13.8 Å². The number of carbonyl (C=O) groups is 3. The Morgan fingerprint density at radius 1 is 1.05 bits per heavy atom. The molecule has 7 heteroatoms. The second-order valence-corrected chi connectivity index (χ2v) is 10.8. The van der Waals surface area contributed by atoms with Crippen molar-refractivity contribution in [2.45, 2.75) is 64.7 Å². The van der Waals surface area contributed by atoms with Gasteiger partial charge in [-0.05, 0) is 77.8 Å². The summed E-state index contributed by atoms with van der Waals surface area (Å²) in [6.07, 6.45) is 3.66. The van der Waals surface area contributed by atoms with E-state index in [1.165, 1.54) is 11.0 Å². The monoisotopic (exact) mass is 503 g/mol. The molecular weight excluding hydrogens is 473 g/mol. The fourth-order valence-electron chi connectivity index (χ4n) is 5.81. The molecule has 2 amide bonds. The molecule has 0 bridgehead atoms. The van der Waals surface area contributed by atoms with E-state index < -0.39 is 23.6 Å². The third-order valence-corrected chi connectivity index (χ3v) is 7.60. The Morgan fingerprint density at radius 2 is 1.73 bits per heavy atom. The summed E-state index contributed by atoms with van der Waals surface area (Å²) >= 11 is 0. The minimum Gasteiger partial charge on any atom is -0.458 e. The van der Waals surface area contributed by atoms with Gasteiger partial charge in [0.25, 0.3) is 11.8 Å². The zero-order valence-electron chi connectivity index (χ0n) is 21.2. The summed E-state index contributed by atoms with van der Waals surface area (Å²) in [5.41, 5.74) is 3.53. The van der Waals surface area contributed by atoms with Gasteiger partial charge in [-0.1, -0.05) is 38.1 Å². The number of cyclic esters (lactones) is 1. The number of rotatable bonds is 4. The third-order valence-electron chi connectivity index (χ3n) is 7.60. The maximum Gasteiger partial charge on any atom is 0.309 e. The molecule has 0 aromatic heterocycles. The molecule has 3 atom stereocenters. The van der Waals surface area contributed by atoms with Gasteiger partial charge in [0, 0.05) is 12.5 Å². The van der Waals surface area contributed by atoms with Crippen molar-refractivity contribution in [1.82, 2.24) is 4.90 Å². The van der Waals surface area contributed by atoms with Crippen LogP contribution in [-0.2, 0) is 9.53 Å². The van der Waals surface area contributed by atoms with Crippen molar-refractivity contribution < 1.29 is 28.6 Å². The van der Waals surface area contributed by atoms with Gasteiger partial charge >= 0.3 is 5.97 Å². The summed E-state index contributed by atoms with van der Waals surface area (Å²) in [6.45, 7) is 5.80. The molecule has 1 fully saturated rings. The summed E-state index contributed by atoms with van der Waals surface area (Å²) in [7, 11) is 0. The number of hydrogen-bond acceptors (Lipinski definition) is 5. The molecule has 1 unspecified atom stereocenters. The maximum atomic E-state index is 14.2. The van der Waals surface area contributed by atoms with Crippen LogP contribution in [0.15, 0.2) is 60.2 Å². The number of fused-ring (bicyclic) bond motifs is 1. The van der Waals surface area contributed by atoms with Crippen LogP contribution >= 0.6 is 0 Å². The highest BCUT2D eigenvalue weighted by Crippen LogP contribution is 2.47. The highest BCUT2D eigenvalue weighted by Gasteiger charge is 2.45. The molecule has 3 aliphatic rings. The summed E-state index contributed by atoms with van der Waals surface area (Å²) in [5, 5.41) is 10.0. The lowest BCUT2D eigenvalue weighted by Crippen LogP contribution is -2.45. The average Bonchev–Trinajstić information content (AvgIpc) is 3.09. The van der Waals surface area contributed by atoms with E-state index in [0.717, 1.165) is 16.7 Å². The van der Waals surface area contributed by atoms with Crippen molar-refractivity contribution in [2.24, 2.45) is 5.41 Å². The number of benzene rings is 2. The number of allylic oxidation sites excluding steroid dienone is 2. The number of carbonyl (C=O) groups excluding carboxylic acids is 3. The Balaban J connectivity index is 1.56. The smallest absolute Gasteiger partial charge is 0.309 e. The predicted molar refractivity (Wildman–Crippen MR) is 136 cm³/mol. The highest BCUT2D eigenvalue weighted by molar-refractivity contribution is 6.21. The molecule has 2 heterocycles. The molecule has 192 valence electrons. The zero-order valence-corrected chi connectivity index (χ0v) is 21.2. The Hall–Kier alpha value is -3.58. The van der Waals surface area contributed by atoms with E-state index in [0.29, 0.717) is 36.0 Å². The minimum atomic E-state index is -0.748. The van der Waals surface area contributed by atoms with E-state index in [1.54, 1.807) is 49.4 Å². The van der Waals surface area contributed by atoms with Gasteiger partial charge in [-0.15, -0.1) is 0 Å². The normalized spacial score (nSPS) is 25.6. The Labute approximate surface area is 215 Å². The lowest BCUT2D eigenvalue weighted by molar-refractivity contribution is -0.156. The highest BCUT2D eigenvalue weighted by atomic mass is 19.1. The fourth-order valence-corrected chi connectivity index (χ4v) is 5.81. The first kappa shape index (κ1) is 25.1. The quantitative estimate of drug-likeness (QED) is 0.469. The van der Waals surface area contributed by atoms with Gasteiger partial charge < -0.3 is 9.84 Å². The van der Waals surface area contributed by atoms with Crippen molar-refractivity contribution >= 4 is 23.4 Å². The molecule has 0 radical (unpaired) electrons. The van der Waals surface area contributed by atoms with Crippen LogP contribution in [0.1, 0.15) is 71.4 Å². The molecule has 2 aromatic rings. The van der Waals surface area contributed by atoms with Crippen molar-refractivity contribution in [2.75, 3.05) is 0 Å². The fraction of sp³-hybridized carbons (Fsp3) is 0.367. The van der Waals surface area contributed by atoms with Crippen LogP contribution < -0.4 is 0 Å². The van der Waals surface area contributed by atoms with Crippen LogP contribution in [0.3, 0.4) is 0 Å². The van der Waals surface area contributed by atoms with E-state index >= 15 is 0 Å². The minimum absolute atomic E-state index is 0.0133. The number of esters is 1. The number of nitrogens with zero attached hydrogens (tertiary/aromatic N) is 1. The summed E-state index contributed by atoms with van der Waals surface area (Å²) in [4.78, 5) is 39.8. The van der Waals surface area contributed by atoms with Crippen molar-refractivity contribution in [1.29, 1.82) is 0 Å². The van der Waals surface area contributed by atoms with Gasteiger partial charge in [-0.2, -0.15) is 0 Å². The van der Waals surface area contributed by atoms with Gasteiger partial charge in [-0.3, -0.25) is 19.3 Å². The predicted octanol–water partition coefficient (Wildman–Crippen LogP) is 5.00. The van der Waals surface area contributed by atoms with E-state index in [-0.39, 0.29) is 30.1 Å². The maximum absolute atomic E-state index is 14.2. The van der Waals surface area contributed by atoms with Crippen LogP contribution in [0, 0.1) is 18.2 Å². The molecule has 37 heavy (non-hydrogen) atoms. The summed E-state index contributed by atoms with van der Waals surface area (Å²) < 4.78 is 19.6. The lowest BCUT2D eigenvalue weighted by atomic mass is 9.68. The van der Waals surface area contributed by atoms with Gasteiger partial charge in [0.15, 0.2) is 0 Å². The second-order valence-electron chi connectivity index (χ2n) is 10.8. The number of amides is 2. The number of aliphatic hydroxyl groups is 1. The molecule has 5 rings (SSSR count). The molecule has 1 N–H and O–H groups in total. The number of aliphatic hydroxyl groups excluding tert-OH is 1. The third kappa shape index (κ3) is 4.64. The summed E-state index contributed by atoms with van der Waals surface area (Å²) in [6, 6.07) is 11.4. The second kappa shape index (κ2) is 9.38. The van der Waals surface area contributed by atoms with E-state index in [1.807, 2.05) is 6.08 Å². The first-order valence-corrected chi connectivity index (χ1v) is 12.6. The zero-order chi connectivity index (χ0) is 26.5. The lowest BCUT2D eigenvalue weighted by Gasteiger charge is -2.41. The first-order chi connectivity index (χ1) is 17.5. The van der Waals surface area contributed by atoms with Gasteiger partial charge in [0.1, 0.15) is 11.9 Å². The molecular formula is C30H30FNO5. The summed E-state index contributed by atoms with van der Waals surface area (Å²) in [5.74, 6) is -1.34. The number of halogens is 1. The topological polar surface area (TPSA) is 83.9 Å². The standard InChI is InChI=1S/C30H30FNO5/c1-17-12-18(8-11-26(17)31)24-13-19(32-28(35)22-6-4-5-7-23(22)29(32)36)16-30(2,3)25(24)10-9-21-14-20(33)15-27(34)37-21/h4-12,19-21,33H,13-16H2,1-3H3/b10-9+/t19?,20-,21-/m1/s1. The number of aryl methyl sites for hydroxylation is 1. The molecule has 2 aromatic carbocycles. The molecule has 1 saturated heterocycles. The molecule has 0 spiro atoms. The Bertz CT molecular complexity index is 1320. The molecule has 1 aliphatic carbocycles. The number of imide groups is 1. The van der Waals surface area contributed by atoms with Crippen molar-refractivity contribution in [3.8, 4) is 0 Å². The Kier molecular flexibility index (Phi) is 6.36. The van der Waals surface area contributed by atoms with Crippen molar-refractivity contribution in [3.05, 3.63) is 88.3 Å². The molecule has 0 saturated carbocycles. The van der Waals surface area contributed by atoms with Gasteiger partial charge in [0.05, 0.1) is 23.7 Å². The SMILES string of the molecule is Cc1cc(C2=C(/C=C/[C@@H]3C[C@@H](O)CC(=O)O3)C(C)(C)CC(N3C(=O)c4ccccc4C3=O)C2)ccc1F. The molecule has 6 nitrogen and oxygen atoms in total. The van der Waals surface area contributed by atoms with Gasteiger partial charge in [0.2, 0.25) is 0 Å². The van der Waals surface area contributed by atoms with Crippen LogP contribution in [0.4, 0.5) is 4.39 Å². The number of ether oxygens (including phenoxy) is 1. The van der Waals surface area contributed by atoms with Crippen LogP contribution in [0.5, 0.6) is 0 Å². The van der Waals surface area contributed by atoms with Crippen LogP contribution in [-0.4, -0.2) is 46.0 Å². The largest absolute Gasteiger partial charge is 0.458 e.